The standard InChI is InChI=1S/C27H32F3N3O3S.C22H33N3O4S/c1-2-14-37-25-21(9-10-23(31-25)32-12-5-6-18(16-32)15-24(34)35)26(36)33-13-11-19(17-33)20-7-3-4-8-22(20)27(28,29)30;1-2-12-30-22-18(21(29)23-16-5-7-17(26)8-6-16)9-10-19(24-22)25-11-3-4-15(14-25)13-20(27)28/h3-4,7-10,18-19H,2,5-6,11-17H2,1H3,(H,34,35);9-10,15-17,26H,2-8,11-14H2,1H3,(H,23,29)(H,27,28)/t18-,19?;15-,16?,17?/m00/s1. The van der Waals surface area contributed by atoms with Crippen LogP contribution in [0.4, 0.5) is 24.8 Å². The second-order valence-electron chi connectivity index (χ2n) is 18.1. The highest BCUT2D eigenvalue weighted by Gasteiger charge is 2.38. The first-order valence-electron chi connectivity index (χ1n) is 23.8. The Balaban J connectivity index is 0.000000226. The number of nitrogens with one attached hydrogen (secondary N) is 1. The predicted octanol–water partition coefficient (Wildman–Crippen LogP) is 9.23. The number of halogens is 3. The number of hydrogen-bond donors (Lipinski definition) is 4. The van der Waals surface area contributed by atoms with Crippen molar-refractivity contribution in [1.29, 1.82) is 0 Å². The van der Waals surface area contributed by atoms with Crippen molar-refractivity contribution in [2.24, 2.45) is 11.8 Å². The second kappa shape index (κ2) is 24.6. The van der Waals surface area contributed by atoms with Gasteiger partial charge in [0, 0.05) is 64.1 Å². The van der Waals surface area contributed by atoms with E-state index in [1.807, 2.05) is 19.1 Å². The number of benzene rings is 1. The lowest BCUT2D eigenvalue weighted by Gasteiger charge is -2.33. The quantitative estimate of drug-likeness (QED) is 0.100. The van der Waals surface area contributed by atoms with Crippen molar-refractivity contribution in [3.05, 3.63) is 70.8 Å². The van der Waals surface area contributed by atoms with E-state index in [4.69, 9.17) is 15.1 Å². The summed E-state index contributed by atoms with van der Waals surface area (Å²) < 4.78 is 40.6. The molecule has 0 radical (unpaired) electrons. The fourth-order valence-electron chi connectivity index (χ4n) is 9.50. The molecule has 0 spiro atoms. The van der Waals surface area contributed by atoms with Crippen LogP contribution in [0, 0.1) is 11.8 Å². The van der Waals surface area contributed by atoms with Gasteiger partial charge in [0.2, 0.25) is 0 Å². The van der Waals surface area contributed by atoms with Gasteiger partial charge in [-0.3, -0.25) is 19.2 Å². The predicted molar refractivity (Wildman–Crippen MR) is 255 cm³/mol. The van der Waals surface area contributed by atoms with E-state index in [0.717, 1.165) is 112 Å². The van der Waals surface area contributed by atoms with Crippen LogP contribution >= 0.6 is 23.5 Å². The minimum Gasteiger partial charge on any atom is -0.481 e. The molecular formula is C49H65F3N6O7S2. The Bertz CT molecular complexity index is 2160. The number of hydrogen-bond acceptors (Lipinski definition) is 11. The van der Waals surface area contributed by atoms with E-state index in [2.05, 4.69) is 22.0 Å². The number of pyridine rings is 2. The summed E-state index contributed by atoms with van der Waals surface area (Å²) in [6, 6.07) is 13.0. The number of anilines is 2. The number of carboxylic acid groups (broad SMARTS) is 2. The fraction of sp³-hybridized carbons (Fsp3) is 0.592. The van der Waals surface area contributed by atoms with Crippen molar-refractivity contribution >= 4 is 58.9 Å². The van der Waals surface area contributed by atoms with Gasteiger partial charge in [-0.25, -0.2) is 9.97 Å². The largest absolute Gasteiger partial charge is 0.481 e. The summed E-state index contributed by atoms with van der Waals surface area (Å²) in [5.41, 5.74) is 0.663. The molecule has 1 saturated carbocycles. The minimum absolute atomic E-state index is 0.0576. The number of aliphatic carboxylic acids is 2. The van der Waals surface area contributed by atoms with Gasteiger partial charge in [-0.15, -0.1) is 23.5 Å². The first kappa shape index (κ1) is 51.8. The Hall–Kier alpha value is -4.55. The Morgan fingerprint density at radius 3 is 1.78 bits per heavy atom. The molecule has 2 amide bonds. The molecule has 3 saturated heterocycles. The number of carboxylic acids is 2. The molecule has 3 aromatic rings. The number of piperidine rings is 2. The molecule has 2 aromatic heterocycles. The van der Waals surface area contributed by atoms with Crippen LogP contribution in [0.5, 0.6) is 0 Å². The van der Waals surface area contributed by atoms with E-state index < -0.39 is 23.7 Å². The summed E-state index contributed by atoms with van der Waals surface area (Å²) in [6.07, 6.45) is 4.67. The monoisotopic (exact) mass is 970 g/mol. The molecule has 1 aliphatic carbocycles. The molecule has 7 rings (SSSR count). The zero-order valence-corrected chi connectivity index (χ0v) is 40.1. The summed E-state index contributed by atoms with van der Waals surface area (Å²) in [5, 5.41) is 32.4. The van der Waals surface area contributed by atoms with E-state index in [9.17, 15) is 42.6 Å². The maximum atomic E-state index is 13.5. The third-order valence-corrected chi connectivity index (χ3v) is 15.3. The molecule has 67 heavy (non-hydrogen) atoms. The summed E-state index contributed by atoms with van der Waals surface area (Å²) in [6.45, 7) is 7.70. The van der Waals surface area contributed by atoms with Gasteiger partial charge in [-0.1, -0.05) is 32.0 Å². The van der Waals surface area contributed by atoms with Crippen LogP contribution in [0.3, 0.4) is 0 Å². The first-order valence-corrected chi connectivity index (χ1v) is 25.8. The summed E-state index contributed by atoms with van der Waals surface area (Å²) in [7, 11) is 0. The van der Waals surface area contributed by atoms with Gasteiger partial charge in [-0.2, -0.15) is 13.2 Å². The van der Waals surface area contributed by atoms with Crippen LogP contribution in [0.15, 0.2) is 58.6 Å². The highest BCUT2D eigenvalue weighted by Crippen LogP contribution is 2.39. The van der Waals surface area contributed by atoms with Crippen molar-refractivity contribution in [2.45, 2.75) is 132 Å². The number of thioether (sulfide) groups is 2. The Morgan fingerprint density at radius 1 is 0.701 bits per heavy atom. The van der Waals surface area contributed by atoms with E-state index in [0.29, 0.717) is 42.2 Å². The van der Waals surface area contributed by atoms with Crippen LogP contribution in [0.2, 0.25) is 0 Å². The topological polar surface area (TPSA) is 176 Å². The first-order chi connectivity index (χ1) is 32.1. The zero-order chi connectivity index (χ0) is 48.1. The molecule has 0 bridgehead atoms. The average Bonchev–Trinajstić information content (AvgIpc) is 3.81. The SMILES string of the molecule is CCCSc1nc(N2CCC[C@@H](CC(=O)O)C2)ccc1C(=O)N1CCC(c2ccccc2C(F)(F)F)C1.CCCSc1nc(N2CCC[C@@H](CC(=O)O)C2)ccc1C(=O)NC1CCC(O)CC1. The van der Waals surface area contributed by atoms with Crippen molar-refractivity contribution in [3.63, 3.8) is 0 Å². The third kappa shape index (κ3) is 14.7. The van der Waals surface area contributed by atoms with Crippen molar-refractivity contribution in [1.82, 2.24) is 20.2 Å². The fourth-order valence-corrected chi connectivity index (χ4v) is 11.2. The second-order valence-corrected chi connectivity index (χ2v) is 20.3. The van der Waals surface area contributed by atoms with Crippen LogP contribution in [-0.4, -0.2) is 117 Å². The van der Waals surface area contributed by atoms with Crippen molar-refractivity contribution in [2.75, 3.05) is 60.6 Å². The lowest BCUT2D eigenvalue weighted by molar-refractivity contribution is -0.139. The van der Waals surface area contributed by atoms with E-state index in [1.165, 1.54) is 23.9 Å². The molecule has 3 atom stereocenters. The molecule has 13 nitrogen and oxygen atoms in total. The number of rotatable bonds is 16. The Labute approximate surface area is 400 Å². The lowest BCUT2D eigenvalue weighted by atomic mass is 9.93. The minimum atomic E-state index is -4.43. The number of aliphatic hydroxyl groups excluding tert-OH is 1. The van der Waals surface area contributed by atoms with E-state index in [1.54, 1.807) is 34.9 Å². The van der Waals surface area contributed by atoms with E-state index >= 15 is 0 Å². The zero-order valence-electron chi connectivity index (χ0n) is 38.5. The smallest absolute Gasteiger partial charge is 0.416 e. The molecule has 1 unspecified atom stereocenters. The molecule has 4 N–H and O–H groups in total. The molecule has 4 aliphatic rings. The number of carbonyl (C=O) groups is 4. The maximum Gasteiger partial charge on any atom is 0.416 e. The van der Waals surface area contributed by atoms with Gasteiger partial charge in [0.1, 0.15) is 21.7 Å². The van der Waals surface area contributed by atoms with Gasteiger partial charge in [0.15, 0.2) is 0 Å². The Morgan fingerprint density at radius 2 is 1.24 bits per heavy atom. The van der Waals surface area contributed by atoms with Gasteiger partial charge >= 0.3 is 18.1 Å². The Kier molecular flexibility index (Phi) is 19.1. The normalized spacial score (nSPS) is 22.2. The molecule has 4 fully saturated rings. The maximum absolute atomic E-state index is 13.5. The van der Waals surface area contributed by atoms with Crippen LogP contribution in [0.1, 0.15) is 135 Å². The number of alkyl halides is 3. The van der Waals surface area contributed by atoms with Crippen LogP contribution in [-0.2, 0) is 15.8 Å². The molecule has 1 aromatic carbocycles. The summed E-state index contributed by atoms with van der Waals surface area (Å²) in [4.78, 5) is 64.2. The number of aliphatic hydroxyl groups is 1. The average molecular weight is 971 g/mol. The van der Waals surface area contributed by atoms with Crippen molar-refractivity contribution < 1.29 is 47.7 Å². The van der Waals surface area contributed by atoms with Crippen molar-refractivity contribution in [3.8, 4) is 0 Å². The molecule has 366 valence electrons. The summed E-state index contributed by atoms with van der Waals surface area (Å²) >= 11 is 3.09. The number of carbonyl (C=O) groups excluding carboxylic acids is 2. The highest BCUT2D eigenvalue weighted by atomic mass is 32.2. The molecule has 5 heterocycles. The summed E-state index contributed by atoms with van der Waals surface area (Å²) in [5.74, 6) is 1.15. The number of aromatic nitrogens is 2. The molecular weight excluding hydrogens is 906 g/mol. The molecule has 3 aliphatic heterocycles. The lowest BCUT2D eigenvalue weighted by Crippen LogP contribution is -2.39. The number of nitrogens with zero attached hydrogens (tertiary/aromatic N) is 5. The highest BCUT2D eigenvalue weighted by molar-refractivity contribution is 7.99. The molecule has 18 heteroatoms. The van der Waals surface area contributed by atoms with E-state index in [-0.39, 0.29) is 66.7 Å². The van der Waals surface area contributed by atoms with Gasteiger partial charge in [-0.05, 0) is 130 Å². The van der Waals surface area contributed by atoms with Gasteiger partial charge in [0.25, 0.3) is 11.8 Å². The third-order valence-electron chi connectivity index (χ3n) is 12.9. The number of amides is 2. The van der Waals surface area contributed by atoms with Crippen LogP contribution < -0.4 is 15.1 Å². The number of likely N-dealkylation sites (tertiary alicyclic amines) is 1. The van der Waals surface area contributed by atoms with Crippen LogP contribution in [0.25, 0.3) is 0 Å². The van der Waals surface area contributed by atoms with Gasteiger partial charge < -0.3 is 35.3 Å². The van der Waals surface area contributed by atoms with Gasteiger partial charge in [0.05, 0.1) is 22.8 Å².